The lowest BCUT2D eigenvalue weighted by atomic mass is 9.83. The van der Waals surface area contributed by atoms with Crippen molar-refractivity contribution in [1.29, 1.82) is 0 Å². The van der Waals surface area contributed by atoms with Crippen LogP contribution >= 0.6 is 0 Å². The van der Waals surface area contributed by atoms with Crippen LogP contribution in [0.25, 0.3) is 0 Å². The maximum atomic E-state index is 5.44. The van der Waals surface area contributed by atoms with Gasteiger partial charge in [0, 0.05) is 18.0 Å². The van der Waals surface area contributed by atoms with Crippen LogP contribution < -0.4 is 5.32 Å². The zero-order valence-electron chi connectivity index (χ0n) is 9.84. The van der Waals surface area contributed by atoms with E-state index in [4.69, 9.17) is 4.52 Å². The second-order valence-electron chi connectivity index (χ2n) is 5.40. The Bertz CT molecular complexity index is 319. The molecule has 1 aliphatic rings. The second-order valence-corrected chi connectivity index (χ2v) is 5.40. The fourth-order valence-corrected chi connectivity index (χ4v) is 2.18. The van der Waals surface area contributed by atoms with Crippen molar-refractivity contribution in [2.24, 2.45) is 0 Å². The number of nitrogens with zero attached hydrogens (tertiary/aromatic N) is 1. The maximum Gasteiger partial charge on any atom is 0.144 e. The fraction of sp³-hybridized carbons (Fsp3) is 0.750. The summed E-state index contributed by atoms with van der Waals surface area (Å²) in [5.74, 6) is 1.60. The van der Waals surface area contributed by atoms with Gasteiger partial charge in [0.15, 0.2) is 0 Å². The minimum atomic E-state index is 0.132. The third kappa shape index (κ3) is 2.23. The summed E-state index contributed by atoms with van der Waals surface area (Å²) in [6, 6.07) is 0. The van der Waals surface area contributed by atoms with Gasteiger partial charge in [-0.25, -0.2) is 0 Å². The Balaban J connectivity index is 2.24. The zero-order chi connectivity index (χ0) is 10.9. The summed E-state index contributed by atoms with van der Waals surface area (Å²) < 4.78 is 5.44. The number of piperidine rings is 1. The van der Waals surface area contributed by atoms with Gasteiger partial charge in [0.2, 0.25) is 0 Å². The molecule has 1 atom stereocenters. The van der Waals surface area contributed by atoms with Gasteiger partial charge in [-0.3, -0.25) is 0 Å². The molecule has 1 fully saturated rings. The van der Waals surface area contributed by atoms with Gasteiger partial charge in [-0.1, -0.05) is 25.9 Å². The van der Waals surface area contributed by atoms with Gasteiger partial charge in [0.05, 0.1) is 6.20 Å². The van der Waals surface area contributed by atoms with Gasteiger partial charge < -0.3 is 9.84 Å². The van der Waals surface area contributed by atoms with Crippen LogP contribution in [0.5, 0.6) is 0 Å². The molecule has 2 heterocycles. The molecule has 0 spiro atoms. The Hall–Kier alpha value is -0.830. The van der Waals surface area contributed by atoms with Crippen LogP contribution in [0.2, 0.25) is 0 Å². The molecule has 0 aliphatic carbocycles. The third-order valence-corrected chi connectivity index (χ3v) is 3.07. The van der Waals surface area contributed by atoms with Gasteiger partial charge >= 0.3 is 0 Å². The minimum absolute atomic E-state index is 0.132. The Morgan fingerprint density at radius 2 is 2.27 bits per heavy atom. The van der Waals surface area contributed by atoms with Crippen molar-refractivity contribution in [2.75, 3.05) is 13.1 Å². The number of rotatable bonds is 1. The molecule has 1 aromatic heterocycles. The predicted octanol–water partition coefficient (Wildman–Crippen LogP) is 2.44. The van der Waals surface area contributed by atoms with E-state index in [1.807, 2.05) is 6.20 Å². The third-order valence-electron chi connectivity index (χ3n) is 3.07. The molecular weight excluding hydrogens is 188 g/mol. The van der Waals surface area contributed by atoms with Crippen LogP contribution in [0.15, 0.2) is 10.7 Å². The Morgan fingerprint density at radius 1 is 1.47 bits per heavy atom. The van der Waals surface area contributed by atoms with Crippen LogP contribution in [0, 0.1) is 0 Å². The van der Waals surface area contributed by atoms with Crippen LogP contribution in [-0.2, 0) is 5.41 Å². The van der Waals surface area contributed by atoms with Gasteiger partial charge in [-0.05, 0) is 24.8 Å². The fourth-order valence-electron chi connectivity index (χ4n) is 2.18. The summed E-state index contributed by atoms with van der Waals surface area (Å²) in [4.78, 5) is 0. The molecule has 1 aromatic rings. The first-order chi connectivity index (χ1) is 7.09. The van der Waals surface area contributed by atoms with Crippen molar-refractivity contribution in [1.82, 2.24) is 10.5 Å². The van der Waals surface area contributed by atoms with Crippen molar-refractivity contribution in [3.05, 3.63) is 17.5 Å². The van der Waals surface area contributed by atoms with E-state index < -0.39 is 0 Å². The summed E-state index contributed by atoms with van der Waals surface area (Å²) >= 11 is 0. The monoisotopic (exact) mass is 208 g/mol. The highest BCUT2D eigenvalue weighted by Gasteiger charge is 2.28. The van der Waals surface area contributed by atoms with Crippen molar-refractivity contribution in [3.63, 3.8) is 0 Å². The van der Waals surface area contributed by atoms with E-state index in [2.05, 4.69) is 31.2 Å². The molecule has 1 aliphatic heterocycles. The molecule has 0 saturated carbocycles. The summed E-state index contributed by atoms with van der Waals surface area (Å²) in [7, 11) is 0. The summed E-state index contributed by atoms with van der Waals surface area (Å²) in [6.07, 6.45) is 4.32. The van der Waals surface area contributed by atoms with Crippen LogP contribution in [-0.4, -0.2) is 18.2 Å². The molecule has 3 nitrogen and oxygen atoms in total. The standard InChI is InChI=1S/C12H20N2O/c1-12(2,3)10-8-14-15-11(10)9-5-4-6-13-7-9/h8-9,13H,4-7H2,1-3H3. The Morgan fingerprint density at radius 3 is 2.87 bits per heavy atom. The second kappa shape index (κ2) is 3.97. The first kappa shape index (κ1) is 10.7. The number of nitrogens with one attached hydrogen (secondary N) is 1. The Labute approximate surface area is 91.2 Å². The molecule has 0 aromatic carbocycles. The van der Waals surface area contributed by atoms with E-state index >= 15 is 0 Å². The minimum Gasteiger partial charge on any atom is -0.361 e. The van der Waals surface area contributed by atoms with E-state index in [0.717, 1.165) is 18.8 Å². The molecule has 2 rings (SSSR count). The molecule has 84 valence electrons. The van der Waals surface area contributed by atoms with Crippen LogP contribution in [0.3, 0.4) is 0 Å². The highest BCUT2D eigenvalue weighted by molar-refractivity contribution is 5.26. The smallest absolute Gasteiger partial charge is 0.144 e. The number of hydrogen-bond acceptors (Lipinski definition) is 3. The molecular formula is C12H20N2O. The van der Waals surface area contributed by atoms with Gasteiger partial charge in [-0.2, -0.15) is 0 Å². The zero-order valence-corrected chi connectivity index (χ0v) is 9.84. The van der Waals surface area contributed by atoms with Crippen LogP contribution in [0.4, 0.5) is 0 Å². The lowest BCUT2D eigenvalue weighted by Crippen LogP contribution is -2.29. The lowest BCUT2D eigenvalue weighted by molar-refractivity contribution is 0.323. The van der Waals surface area contributed by atoms with E-state index in [-0.39, 0.29) is 5.41 Å². The first-order valence-electron chi connectivity index (χ1n) is 5.75. The van der Waals surface area contributed by atoms with Crippen LogP contribution in [0.1, 0.15) is 50.9 Å². The molecule has 0 radical (unpaired) electrons. The van der Waals surface area contributed by atoms with Crippen molar-refractivity contribution in [2.45, 2.75) is 44.9 Å². The van der Waals surface area contributed by atoms with Crippen molar-refractivity contribution >= 4 is 0 Å². The lowest BCUT2D eigenvalue weighted by Gasteiger charge is -2.24. The number of aromatic nitrogens is 1. The van der Waals surface area contributed by atoms with E-state index in [0.29, 0.717) is 5.92 Å². The Kier molecular flexibility index (Phi) is 2.83. The normalized spacial score (nSPS) is 23.0. The van der Waals surface area contributed by atoms with E-state index in [1.165, 1.54) is 18.4 Å². The molecule has 1 N–H and O–H groups in total. The van der Waals surface area contributed by atoms with Gasteiger partial charge in [0.25, 0.3) is 0 Å². The molecule has 0 amide bonds. The average molecular weight is 208 g/mol. The maximum absolute atomic E-state index is 5.44. The highest BCUT2D eigenvalue weighted by atomic mass is 16.5. The SMILES string of the molecule is CC(C)(C)c1cnoc1C1CCCNC1. The molecule has 3 heteroatoms. The first-order valence-corrected chi connectivity index (χ1v) is 5.75. The predicted molar refractivity (Wildman–Crippen MR) is 60.0 cm³/mol. The molecule has 1 unspecified atom stereocenters. The van der Waals surface area contributed by atoms with Gasteiger partial charge in [-0.15, -0.1) is 0 Å². The summed E-state index contributed by atoms with van der Waals surface area (Å²) in [5.41, 5.74) is 1.39. The quantitative estimate of drug-likeness (QED) is 0.770. The molecule has 1 saturated heterocycles. The summed E-state index contributed by atoms with van der Waals surface area (Å²) in [6.45, 7) is 8.78. The number of hydrogen-bond donors (Lipinski definition) is 1. The van der Waals surface area contributed by atoms with E-state index in [9.17, 15) is 0 Å². The molecule has 15 heavy (non-hydrogen) atoms. The topological polar surface area (TPSA) is 38.1 Å². The van der Waals surface area contributed by atoms with E-state index in [1.54, 1.807) is 0 Å². The van der Waals surface area contributed by atoms with Gasteiger partial charge in [0.1, 0.15) is 5.76 Å². The van der Waals surface area contributed by atoms with Crippen molar-refractivity contribution in [3.8, 4) is 0 Å². The largest absolute Gasteiger partial charge is 0.361 e. The molecule has 0 bridgehead atoms. The average Bonchev–Trinajstić information content (AvgIpc) is 2.67. The highest BCUT2D eigenvalue weighted by Crippen LogP contribution is 2.33. The van der Waals surface area contributed by atoms with Crippen molar-refractivity contribution < 1.29 is 4.52 Å². The summed E-state index contributed by atoms with van der Waals surface area (Å²) in [5, 5.41) is 7.37.